The van der Waals surface area contributed by atoms with Crippen molar-refractivity contribution in [3.63, 3.8) is 0 Å². The zero-order chi connectivity index (χ0) is 23.2. The summed E-state index contributed by atoms with van der Waals surface area (Å²) in [6.07, 6.45) is 3.34. The largest absolute Gasteiger partial charge is 0.272 e. The van der Waals surface area contributed by atoms with E-state index in [0.717, 1.165) is 15.7 Å². The number of benzene rings is 2. The second-order valence-electron chi connectivity index (χ2n) is 6.65. The van der Waals surface area contributed by atoms with Crippen molar-refractivity contribution in [2.75, 3.05) is 5.75 Å². The molecule has 2 aromatic heterocycles. The Kier molecular flexibility index (Phi) is 7.38. The third-order valence-electron chi connectivity index (χ3n) is 4.41. The van der Waals surface area contributed by atoms with Crippen LogP contribution in [0.25, 0.3) is 17.1 Å². The van der Waals surface area contributed by atoms with Crippen LogP contribution in [0, 0.1) is 0 Å². The van der Waals surface area contributed by atoms with E-state index >= 15 is 0 Å². The van der Waals surface area contributed by atoms with E-state index in [0.29, 0.717) is 21.6 Å². The number of carbonyl (C=O) groups excluding carboxylic acids is 2. The van der Waals surface area contributed by atoms with Crippen LogP contribution >= 0.6 is 39.3 Å². The molecule has 4 rings (SSSR count). The number of hydrogen-bond acceptors (Lipinski definition) is 6. The lowest BCUT2D eigenvalue weighted by Gasteiger charge is -2.11. The number of pyridine rings is 1. The van der Waals surface area contributed by atoms with Crippen LogP contribution in [0.1, 0.15) is 10.4 Å². The highest BCUT2D eigenvalue weighted by Gasteiger charge is 2.17. The van der Waals surface area contributed by atoms with E-state index in [9.17, 15) is 9.59 Å². The van der Waals surface area contributed by atoms with Crippen LogP contribution in [-0.4, -0.2) is 37.3 Å². The van der Waals surface area contributed by atoms with Crippen molar-refractivity contribution in [1.29, 1.82) is 0 Å². The highest BCUT2D eigenvalue weighted by molar-refractivity contribution is 9.10. The van der Waals surface area contributed by atoms with Crippen LogP contribution in [0.15, 0.2) is 82.7 Å². The first-order valence-electron chi connectivity index (χ1n) is 9.60. The van der Waals surface area contributed by atoms with Crippen molar-refractivity contribution < 1.29 is 9.59 Å². The summed E-state index contributed by atoms with van der Waals surface area (Å²) >= 11 is 10.5. The lowest BCUT2D eigenvalue weighted by molar-refractivity contribution is -0.119. The zero-order valence-corrected chi connectivity index (χ0v) is 20.1. The van der Waals surface area contributed by atoms with E-state index in [-0.39, 0.29) is 11.7 Å². The number of nitrogens with zero attached hydrogens (tertiary/aromatic N) is 4. The minimum atomic E-state index is -0.412. The quantitative estimate of drug-likeness (QED) is 0.278. The van der Waals surface area contributed by atoms with Crippen molar-refractivity contribution in [2.45, 2.75) is 5.16 Å². The van der Waals surface area contributed by atoms with E-state index < -0.39 is 5.91 Å². The fourth-order valence-corrected chi connectivity index (χ4v) is 3.98. The molecule has 0 aliphatic heterocycles. The fourth-order valence-electron chi connectivity index (χ4n) is 2.84. The standard InChI is InChI=1S/C22H16BrClN6O2S/c23-16-3-1-15(2-4-16)21(32)28-26-19(31)13-33-22-29-27-20(14-9-11-25-12-10-14)30(22)18-7-5-17(24)6-8-18/h1-12H,13H2,(H,26,31)(H,28,32). The molecule has 0 atom stereocenters. The van der Waals surface area contributed by atoms with Crippen molar-refractivity contribution in [3.05, 3.63) is 88.1 Å². The lowest BCUT2D eigenvalue weighted by Crippen LogP contribution is -2.42. The molecule has 0 fully saturated rings. The monoisotopic (exact) mass is 542 g/mol. The average Bonchev–Trinajstić information content (AvgIpc) is 3.26. The SMILES string of the molecule is O=C(CSc1nnc(-c2ccncc2)n1-c1ccc(Cl)cc1)NNC(=O)c1ccc(Br)cc1. The fraction of sp³-hybridized carbons (Fsp3) is 0.0455. The van der Waals surface area contributed by atoms with Crippen LogP contribution in [-0.2, 0) is 4.79 Å². The number of amides is 2. The van der Waals surface area contributed by atoms with E-state index in [2.05, 4.69) is 42.0 Å². The highest BCUT2D eigenvalue weighted by Crippen LogP contribution is 2.28. The second-order valence-corrected chi connectivity index (χ2v) is 8.95. The molecule has 11 heteroatoms. The summed E-state index contributed by atoms with van der Waals surface area (Å²) in [6, 6.07) is 17.7. The van der Waals surface area contributed by atoms with E-state index in [1.165, 1.54) is 11.8 Å². The molecule has 0 aliphatic carbocycles. The molecule has 8 nitrogen and oxygen atoms in total. The highest BCUT2D eigenvalue weighted by atomic mass is 79.9. The zero-order valence-electron chi connectivity index (χ0n) is 16.9. The minimum Gasteiger partial charge on any atom is -0.272 e. The predicted molar refractivity (Wildman–Crippen MR) is 130 cm³/mol. The van der Waals surface area contributed by atoms with Gasteiger partial charge in [0, 0.05) is 38.7 Å². The molecule has 0 aliphatic rings. The lowest BCUT2D eigenvalue weighted by atomic mass is 10.2. The summed E-state index contributed by atoms with van der Waals surface area (Å²) < 4.78 is 2.69. The van der Waals surface area contributed by atoms with Gasteiger partial charge in [-0.2, -0.15) is 0 Å². The van der Waals surface area contributed by atoms with Gasteiger partial charge in [-0.05, 0) is 60.7 Å². The van der Waals surface area contributed by atoms with Gasteiger partial charge in [-0.1, -0.05) is 39.3 Å². The van der Waals surface area contributed by atoms with E-state index in [1.54, 1.807) is 48.8 Å². The Morgan fingerprint density at radius 2 is 1.64 bits per heavy atom. The number of carbonyl (C=O) groups is 2. The van der Waals surface area contributed by atoms with Crippen LogP contribution < -0.4 is 10.9 Å². The number of hydrogen-bond donors (Lipinski definition) is 2. The van der Waals surface area contributed by atoms with Gasteiger partial charge in [0.15, 0.2) is 11.0 Å². The Balaban J connectivity index is 1.47. The smallest absolute Gasteiger partial charge is 0.269 e. The van der Waals surface area contributed by atoms with Gasteiger partial charge in [0.2, 0.25) is 5.91 Å². The summed E-state index contributed by atoms with van der Waals surface area (Å²) in [5.41, 5.74) is 6.87. The maximum atomic E-state index is 12.3. The molecule has 2 amide bonds. The van der Waals surface area contributed by atoms with Crippen LogP contribution in [0.4, 0.5) is 0 Å². The molecule has 4 aromatic rings. The maximum absolute atomic E-state index is 12.3. The molecule has 0 bridgehead atoms. The Hall–Kier alpha value is -3.21. The predicted octanol–water partition coefficient (Wildman–Crippen LogP) is 4.30. The number of nitrogens with one attached hydrogen (secondary N) is 2. The molecule has 2 heterocycles. The molecule has 0 saturated carbocycles. The molecule has 0 radical (unpaired) electrons. The number of thioether (sulfide) groups is 1. The summed E-state index contributed by atoms with van der Waals surface area (Å²) in [4.78, 5) is 28.6. The van der Waals surface area contributed by atoms with Gasteiger partial charge in [-0.3, -0.25) is 30.0 Å². The summed E-state index contributed by atoms with van der Waals surface area (Å²) in [5, 5.41) is 9.69. The van der Waals surface area contributed by atoms with E-state index in [1.807, 2.05) is 28.8 Å². The molecule has 0 unspecified atom stereocenters. The van der Waals surface area contributed by atoms with Crippen molar-refractivity contribution in [2.24, 2.45) is 0 Å². The molecule has 0 spiro atoms. The third-order valence-corrected chi connectivity index (χ3v) is 6.12. The number of halogens is 2. The topological polar surface area (TPSA) is 102 Å². The summed E-state index contributed by atoms with van der Waals surface area (Å²) in [6.45, 7) is 0. The Labute approximate surface area is 206 Å². The number of rotatable bonds is 6. The average molecular weight is 544 g/mol. The maximum Gasteiger partial charge on any atom is 0.269 e. The Morgan fingerprint density at radius 1 is 0.939 bits per heavy atom. The van der Waals surface area contributed by atoms with Crippen molar-refractivity contribution in [3.8, 4) is 17.1 Å². The van der Waals surface area contributed by atoms with Gasteiger partial charge in [0.25, 0.3) is 5.91 Å². The summed E-state index contributed by atoms with van der Waals surface area (Å²) in [5.74, 6) is -0.180. The molecule has 2 aromatic carbocycles. The van der Waals surface area contributed by atoms with Gasteiger partial charge in [-0.25, -0.2) is 0 Å². The van der Waals surface area contributed by atoms with Crippen LogP contribution in [0.2, 0.25) is 5.02 Å². The van der Waals surface area contributed by atoms with Gasteiger partial charge in [0.05, 0.1) is 5.75 Å². The number of aromatic nitrogens is 4. The normalized spacial score (nSPS) is 10.6. The minimum absolute atomic E-state index is 0.0166. The van der Waals surface area contributed by atoms with Crippen LogP contribution in [0.5, 0.6) is 0 Å². The van der Waals surface area contributed by atoms with Gasteiger partial charge < -0.3 is 0 Å². The molecule has 0 saturated heterocycles. The molecule has 33 heavy (non-hydrogen) atoms. The third kappa shape index (κ3) is 5.78. The molecule has 2 N–H and O–H groups in total. The van der Waals surface area contributed by atoms with Gasteiger partial charge in [-0.15, -0.1) is 10.2 Å². The first kappa shape index (κ1) is 23.0. The first-order chi connectivity index (χ1) is 16.0. The molecular weight excluding hydrogens is 528 g/mol. The number of hydrazine groups is 1. The molecule has 166 valence electrons. The first-order valence-corrected chi connectivity index (χ1v) is 11.8. The summed E-state index contributed by atoms with van der Waals surface area (Å²) in [7, 11) is 0. The van der Waals surface area contributed by atoms with Crippen molar-refractivity contribution >= 4 is 51.1 Å². The Morgan fingerprint density at radius 3 is 2.33 bits per heavy atom. The van der Waals surface area contributed by atoms with E-state index in [4.69, 9.17) is 11.6 Å². The second kappa shape index (κ2) is 10.6. The van der Waals surface area contributed by atoms with Crippen LogP contribution in [0.3, 0.4) is 0 Å². The van der Waals surface area contributed by atoms with Gasteiger partial charge in [0.1, 0.15) is 0 Å². The Bertz CT molecular complexity index is 1270. The molecular formula is C22H16BrClN6O2S. The van der Waals surface area contributed by atoms with Gasteiger partial charge >= 0.3 is 0 Å². The van der Waals surface area contributed by atoms with Crippen molar-refractivity contribution in [1.82, 2.24) is 30.6 Å².